The Morgan fingerprint density at radius 1 is 0.694 bits per heavy atom. The first-order chi connectivity index (χ1) is 18.7. The third-order valence-electron chi connectivity index (χ3n) is 8.16. The molecule has 0 saturated heterocycles. The Morgan fingerprint density at radius 3 is 1.97 bits per heavy atom. The molecule has 0 amide bonds. The lowest BCUT2D eigenvalue weighted by atomic mass is 9.85. The predicted molar refractivity (Wildman–Crippen MR) is 149 cm³/mol. The second-order valence-corrected chi connectivity index (χ2v) is 10.3. The maximum absolute atomic E-state index is 8.33. The van der Waals surface area contributed by atoms with E-state index in [1.54, 1.807) is 0 Å². The first-order valence-electron chi connectivity index (χ1n) is 14.2. The van der Waals surface area contributed by atoms with Gasteiger partial charge < -0.3 is 0 Å². The SMILES string of the molecule is [2H]C([2H])([2H])c1c[n+](C)c(-c2c(C)c3c(c4c2Cc2ccccc2-4)Cc2ccccc2-3)cc1-c1ccc(C)cc1. The van der Waals surface area contributed by atoms with Crippen molar-refractivity contribution in [3.63, 3.8) is 0 Å². The Hall–Kier alpha value is -3.97. The number of aryl methyl sites for hydroxylation is 3. The summed E-state index contributed by atoms with van der Waals surface area (Å²) in [6, 6.07) is 27.9. The molecular formula is C35H30N+. The van der Waals surface area contributed by atoms with E-state index in [0.29, 0.717) is 5.56 Å². The van der Waals surface area contributed by atoms with Gasteiger partial charge in [-0.15, -0.1) is 0 Å². The molecule has 0 aliphatic heterocycles. The number of benzene rings is 4. The molecule has 36 heavy (non-hydrogen) atoms. The number of nitrogens with zero attached hydrogens (tertiary/aromatic N) is 1. The Morgan fingerprint density at radius 2 is 1.31 bits per heavy atom. The number of aromatic nitrogens is 1. The summed E-state index contributed by atoms with van der Waals surface area (Å²) in [7, 11) is 1.98. The van der Waals surface area contributed by atoms with Crippen LogP contribution in [0.25, 0.3) is 44.6 Å². The highest BCUT2D eigenvalue weighted by atomic mass is 14.9. The van der Waals surface area contributed by atoms with Crippen LogP contribution in [0.2, 0.25) is 0 Å². The molecule has 0 unspecified atom stereocenters. The van der Waals surface area contributed by atoms with Crippen molar-refractivity contribution in [2.24, 2.45) is 7.05 Å². The molecule has 0 fully saturated rings. The lowest BCUT2D eigenvalue weighted by Gasteiger charge is -2.19. The summed E-state index contributed by atoms with van der Waals surface area (Å²) in [6.07, 6.45) is 3.65. The zero-order valence-corrected chi connectivity index (χ0v) is 20.9. The smallest absolute Gasteiger partial charge is 0.201 e. The third kappa shape index (κ3) is 2.99. The molecule has 174 valence electrons. The van der Waals surface area contributed by atoms with Crippen LogP contribution in [0.1, 0.15) is 43.1 Å². The van der Waals surface area contributed by atoms with Crippen LogP contribution in [0.15, 0.2) is 85.1 Å². The summed E-state index contributed by atoms with van der Waals surface area (Å²) in [5.74, 6) is 0. The van der Waals surface area contributed by atoms with Gasteiger partial charge in [-0.25, -0.2) is 4.57 Å². The minimum absolute atomic E-state index is 0.377. The molecule has 4 aromatic carbocycles. The molecule has 1 aromatic heterocycles. The lowest BCUT2D eigenvalue weighted by Crippen LogP contribution is -2.32. The number of rotatable bonds is 2. The van der Waals surface area contributed by atoms with E-state index in [0.717, 1.165) is 35.2 Å². The average molecular weight is 468 g/mol. The Balaban J connectivity index is 1.57. The van der Waals surface area contributed by atoms with Gasteiger partial charge in [0.15, 0.2) is 6.20 Å². The van der Waals surface area contributed by atoms with E-state index < -0.39 is 6.85 Å². The van der Waals surface area contributed by atoms with Gasteiger partial charge in [0.2, 0.25) is 5.69 Å². The summed E-state index contributed by atoms with van der Waals surface area (Å²) in [4.78, 5) is 0. The summed E-state index contributed by atoms with van der Waals surface area (Å²) in [6.45, 7) is 2.08. The van der Waals surface area contributed by atoms with Crippen LogP contribution < -0.4 is 4.57 Å². The molecule has 7 rings (SSSR count). The highest BCUT2D eigenvalue weighted by molar-refractivity contribution is 5.97. The van der Waals surface area contributed by atoms with Crippen LogP contribution in [-0.2, 0) is 19.9 Å². The van der Waals surface area contributed by atoms with E-state index in [4.69, 9.17) is 4.11 Å². The van der Waals surface area contributed by atoms with Crippen LogP contribution in [-0.4, -0.2) is 0 Å². The maximum atomic E-state index is 8.33. The lowest BCUT2D eigenvalue weighted by molar-refractivity contribution is -0.660. The van der Waals surface area contributed by atoms with Gasteiger partial charge in [-0.2, -0.15) is 0 Å². The van der Waals surface area contributed by atoms with Gasteiger partial charge in [-0.3, -0.25) is 0 Å². The number of pyridine rings is 1. The minimum atomic E-state index is -2.22. The molecule has 5 aromatic rings. The van der Waals surface area contributed by atoms with Crippen molar-refractivity contribution >= 4 is 0 Å². The van der Waals surface area contributed by atoms with Crippen LogP contribution in [0.5, 0.6) is 0 Å². The standard InChI is InChI=1S/C35H30N/c1-21-13-15-24(16-14-21)29-19-32(36(4)20-22(29)2)34-23(3)33-27-11-7-5-9-25(27)17-30(33)35-28-12-8-6-10-26(28)18-31(34)35/h5-16,19-20H,17-18H2,1-4H3/q+1/i2D3. The van der Waals surface area contributed by atoms with E-state index in [-0.39, 0.29) is 0 Å². The Kier molecular flexibility index (Phi) is 3.95. The zero-order chi connectivity index (χ0) is 27.1. The predicted octanol–water partition coefficient (Wildman–Crippen LogP) is 7.91. The van der Waals surface area contributed by atoms with E-state index in [2.05, 4.69) is 80.6 Å². The average Bonchev–Trinajstić information content (AvgIpc) is 3.48. The van der Waals surface area contributed by atoms with Crippen LogP contribution >= 0.6 is 0 Å². The van der Waals surface area contributed by atoms with Crippen molar-refractivity contribution in [2.45, 2.75) is 33.5 Å². The zero-order valence-electron chi connectivity index (χ0n) is 23.9. The van der Waals surface area contributed by atoms with Gasteiger partial charge in [0.25, 0.3) is 0 Å². The molecule has 1 heterocycles. The van der Waals surface area contributed by atoms with Gasteiger partial charge in [0, 0.05) is 15.7 Å². The van der Waals surface area contributed by atoms with Gasteiger partial charge in [-0.1, -0.05) is 78.4 Å². The van der Waals surface area contributed by atoms with Gasteiger partial charge in [0.05, 0.1) is 5.56 Å². The monoisotopic (exact) mass is 467 g/mol. The molecule has 2 aliphatic rings. The van der Waals surface area contributed by atoms with Crippen LogP contribution in [0.3, 0.4) is 0 Å². The van der Waals surface area contributed by atoms with E-state index in [9.17, 15) is 0 Å². The fourth-order valence-electron chi connectivity index (χ4n) is 6.49. The van der Waals surface area contributed by atoms with E-state index in [1.165, 1.54) is 55.6 Å². The molecule has 0 atom stereocenters. The molecule has 0 N–H and O–H groups in total. The summed E-state index contributed by atoms with van der Waals surface area (Å²) < 4.78 is 27.0. The van der Waals surface area contributed by atoms with Gasteiger partial charge >= 0.3 is 0 Å². The highest BCUT2D eigenvalue weighted by Gasteiger charge is 2.35. The van der Waals surface area contributed by atoms with Crippen molar-refractivity contribution in [1.82, 2.24) is 0 Å². The number of fused-ring (bicyclic) bond motifs is 7. The summed E-state index contributed by atoms with van der Waals surface area (Å²) >= 11 is 0. The van der Waals surface area contributed by atoms with Gasteiger partial charge in [-0.05, 0) is 94.7 Å². The molecule has 1 heteroatoms. The Labute approximate surface area is 217 Å². The quantitative estimate of drug-likeness (QED) is 0.227. The number of hydrogen-bond acceptors (Lipinski definition) is 0. The van der Waals surface area contributed by atoms with E-state index >= 15 is 0 Å². The Bertz CT molecular complexity index is 1810. The largest absolute Gasteiger partial charge is 0.213 e. The maximum Gasteiger partial charge on any atom is 0.213 e. The first kappa shape index (κ1) is 18.3. The normalized spacial score (nSPS) is 14.4. The highest BCUT2D eigenvalue weighted by Crippen LogP contribution is 2.53. The molecule has 1 nitrogen and oxygen atoms in total. The van der Waals surface area contributed by atoms with Crippen LogP contribution in [0, 0.1) is 20.7 Å². The topological polar surface area (TPSA) is 3.88 Å². The van der Waals surface area contributed by atoms with Crippen molar-refractivity contribution in [3.05, 3.63) is 124 Å². The third-order valence-corrected chi connectivity index (χ3v) is 8.16. The molecular weight excluding hydrogens is 434 g/mol. The van der Waals surface area contributed by atoms with E-state index in [1.807, 2.05) is 29.9 Å². The van der Waals surface area contributed by atoms with Gasteiger partial charge in [0.1, 0.15) is 7.05 Å². The molecule has 0 radical (unpaired) electrons. The molecule has 0 spiro atoms. The summed E-state index contributed by atoms with van der Waals surface area (Å²) in [5.41, 5.74) is 17.7. The number of hydrogen-bond donors (Lipinski definition) is 0. The van der Waals surface area contributed by atoms with Crippen molar-refractivity contribution in [1.29, 1.82) is 0 Å². The minimum Gasteiger partial charge on any atom is -0.201 e. The fourth-order valence-corrected chi connectivity index (χ4v) is 6.49. The first-order valence-corrected chi connectivity index (χ1v) is 12.7. The van der Waals surface area contributed by atoms with Crippen LogP contribution in [0.4, 0.5) is 0 Å². The fraction of sp³-hybridized carbons (Fsp3) is 0.171. The summed E-state index contributed by atoms with van der Waals surface area (Å²) in [5, 5.41) is 0. The van der Waals surface area contributed by atoms with Crippen molar-refractivity contribution in [3.8, 4) is 44.6 Å². The van der Waals surface area contributed by atoms with Crippen molar-refractivity contribution in [2.75, 3.05) is 0 Å². The second-order valence-electron chi connectivity index (χ2n) is 10.3. The molecule has 0 saturated carbocycles. The molecule has 2 aliphatic carbocycles. The molecule has 0 bridgehead atoms. The second kappa shape index (κ2) is 7.77. The van der Waals surface area contributed by atoms with Crippen molar-refractivity contribution < 1.29 is 8.68 Å².